The maximum Gasteiger partial charge on any atom is 0.303 e. The molecule has 6 rings (SSSR count). The van der Waals surface area contributed by atoms with Crippen LogP contribution in [0.1, 0.15) is 47.9 Å². The summed E-state index contributed by atoms with van der Waals surface area (Å²) in [5.74, 6) is -1.65. The molecule has 4 aromatic rings. The standard InChI is InChI=1S/C34H30N2O4/c37-31(38)19-9-21-36(22-10-20-32(39)40)29-17-7-3-13-25(29)34(26-14-4-8-18-30(26)36)33-23-11-1-5-15-27(23)35-28-16-6-2-12-24(28)33/h1-8,11-18,35H,9-10,19-22H2,(H-,37,38,39,40)/p+1. The number of carboxylic acid groups (broad SMARTS) is 2. The van der Waals surface area contributed by atoms with Gasteiger partial charge >= 0.3 is 11.9 Å². The third-order valence-electron chi connectivity index (χ3n) is 8.04. The third-order valence-corrected chi connectivity index (χ3v) is 8.04. The summed E-state index contributed by atoms with van der Waals surface area (Å²) in [4.78, 5) is 23.1. The molecule has 3 N–H and O–H groups in total. The van der Waals surface area contributed by atoms with Gasteiger partial charge in [-0.1, -0.05) is 60.7 Å². The highest BCUT2D eigenvalue weighted by molar-refractivity contribution is 6.15. The van der Waals surface area contributed by atoms with Gasteiger partial charge in [-0.05, 0) is 24.3 Å². The minimum absolute atomic E-state index is 0.0592. The van der Waals surface area contributed by atoms with E-state index in [2.05, 4.69) is 78.1 Å². The summed E-state index contributed by atoms with van der Waals surface area (Å²) in [7, 11) is 0. The van der Waals surface area contributed by atoms with Crippen LogP contribution in [0.2, 0.25) is 0 Å². The lowest BCUT2D eigenvalue weighted by molar-refractivity contribution is -0.138. The normalized spacial score (nSPS) is 14.3. The fraction of sp³-hybridized carbons (Fsp3) is 0.176. The molecule has 2 aliphatic rings. The van der Waals surface area contributed by atoms with Gasteiger partial charge in [-0.2, -0.15) is 0 Å². The van der Waals surface area contributed by atoms with Gasteiger partial charge in [0.2, 0.25) is 0 Å². The number of aliphatic carboxylic acids is 2. The number of para-hydroxylation sites is 4. The van der Waals surface area contributed by atoms with Crippen molar-refractivity contribution in [2.45, 2.75) is 25.7 Å². The average molecular weight is 532 g/mol. The van der Waals surface area contributed by atoms with Crippen molar-refractivity contribution in [2.24, 2.45) is 0 Å². The Labute approximate surface area is 233 Å². The molecule has 2 aliphatic heterocycles. The smallest absolute Gasteiger partial charge is 0.303 e. The number of carbonyl (C=O) groups is 2. The van der Waals surface area contributed by atoms with Crippen molar-refractivity contribution in [3.63, 3.8) is 0 Å². The van der Waals surface area contributed by atoms with E-state index in [9.17, 15) is 19.8 Å². The largest absolute Gasteiger partial charge is 0.481 e. The molecule has 0 fully saturated rings. The number of fused-ring (bicyclic) bond motifs is 4. The molecule has 0 aromatic heterocycles. The van der Waals surface area contributed by atoms with Gasteiger partial charge in [0, 0.05) is 69.7 Å². The lowest BCUT2D eigenvalue weighted by atomic mass is 9.79. The van der Waals surface area contributed by atoms with E-state index in [0.29, 0.717) is 30.4 Å². The molecule has 0 radical (unpaired) electrons. The summed E-state index contributed by atoms with van der Waals surface area (Å²) in [6.45, 7) is 1.13. The Morgan fingerprint density at radius 3 is 1.38 bits per heavy atom. The highest BCUT2D eigenvalue weighted by atomic mass is 16.4. The van der Waals surface area contributed by atoms with Crippen molar-refractivity contribution < 1.29 is 19.8 Å². The molecule has 4 aromatic carbocycles. The van der Waals surface area contributed by atoms with Crippen molar-refractivity contribution >= 4 is 45.8 Å². The first-order chi connectivity index (χ1) is 19.5. The Balaban J connectivity index is 1.66. The van der Waals surface area contributed by atoms with Gasteiger partial charge in [-0.25, -0.2) is 0 Å². The Morgan fingerprint density at radius 2 is 0.925 bits per heavy atom. The predicted molar refractivity (Wildman–Crippen MR) is 159 cm³/mol. The molecule has 6 heteroatoms. The lowest BCUT2D eigenvalue weighted by Crippen LogP contribution is -2.48. The Kier molecular flexibility index (Phi) is 6.70. The topological polar surface area (TPSA) is 86.6 Å². The molecule has 0 saturated heterocycles. The molecular formula is C34H31N2O4+. The fourth-order valence-corrected chi connectivity index (χ4v) is 6.43. The van der Waals surface area contributed by atoms with Crippen LogP contribution in [0.25, 0.3) is 11.1 Å². The van der Waals surface area contributed by atoms with Crippen molar-refractivity contribution in [2.75, 3.05) is 18.4 Å². The van der Waals surface area contributed by atoms with E-state index >= 15 is 0 Å². The van der Waals surface area contributed by atoms with Crippen LogP contribution < -0.4 is 9.80 Å². The van der Waals surface area contributed by atoms with Crippen molar-refractivity contribution in [3.8, 4) is 0 Å². The molecule has 0 atom stereocenters. The molecule has 6 nitrogen and oxygen atoms in total. The number of nitrogens with zero attached hydrogens (tertiary/aromatic N) is 1. The van der Waals surface area contributed by atoms with E-state index in [-0.39, 0.29) is 12.8 Å². The molecule has 40 heavy (non-hydrogen) atoms. The number of anilines is 2. The summed E-state index contributed by atoms with van der Waals surface area (Å²) in [5, 5.41) is 22.5. The summed E-state index contributed by atoms with van der Waals surface area (Å²) < 4.78 is 0.422. The van der Waals surface area contributed by atoms with Crippen molar-refractivity contribution in [3.05, 3.63) is 119 Å². The molecule has 2 heterocycles. The zero-order valence-corrected chi connectivity index (χ0v) is 22.1. The Bertz CT molecular complexity index is 1540. The van der Waals surface area contributed by atoms with E-state index < -0.39 is 11.9 Å². The van der Waals surface area contributed by atoms with Crippen LogP contribution in [-0.2, 0) is 9.59 Å². The number of quaternary nitrogens is 1. The monoisotopic (exact) mass is 531 g/mol. The maximum atomic E-state index is 11.5. The summed E-state index contributed by atoms with van der Waals surface area (Å²) in [6.07, 6.45) is 1.08. The molecule has 200 valence electrons. The van der Waals surface area contributed by atoms with Crippen LogP contribution >= 0.6 is 0 Å². The Hall–Kier alpha value is -4.68. The fourth-order valence-electron chi connectivity index (χ4n) is 6.43. The van der Waals surface area contributed by atoms with Gasteiger partial charge in [-0.3, -0.25) is 14.1 Å². The number of rotatable bonds is 8. The zero-order chi connectivity index (χ0) is 27.7. The highest BCUT2D eigenvalue weighted by Crippen LogP contribution is 2.55. The lowest BCUT2D eigenvalue weighted by Gasteiger charge is -2.44. The van der Waals surface area contributed by atoms with Crippen LogP contribution in [0.4, 0.5) is 22.7 Å². The molecular weight excluding hydrogens is 500 g/mol. The second-order valence-electron chi connectivity index (χ2n) is 10.4. The van der Waals surface area contributed by atoms with E-state index in [4.69, 9.17) is 0 Å². The molecule has 0 saturated carbocycles. The van der Waals surface area contributed by atoms with Gasteiger partial charge in [0.1, 0.15) is 11.4 Å². The number of benzene rings is 4. The predicted octanol–water partition coefficient (Wildman–Crippen LogP) is 7.43. The van der Waals surface area contributed by atoms with Crippen LogP contribution in [0.15, 0.2) is 97.1 Å². The minimum atomic E-state index is -0.826. The molecule has 0 bridgehead atoms. The minimum Gasteiger partial charge on any atom is -0.481 e. The van der Waals surface area contributed by atoms with E-state index in [1.54, 1.807) is 0 Å². The quantitative estimate of drug-likeness (QED) is 0.181. The first-order valence-electron chi connectivity index (χ1n) is 13.7. The third kappa shape index (κ3) is 4.36. The highest BCUT2D eigenvalue weighted by Gasteiger charge is 2.43. The van der Waals surface area contributed by atoms with Gasteiger partial charge < -0.3 is 15.5 Å². The summed E-state index contributed by atoms with van der Waals surface area (Å²) in [6, 6.07) is 33.5. The first kappa shape index (κ1) is 25.6. The number of carboxylic acids is 2. The second kappa shape index (κ2) is 10.5. The van der Waals surface area contributed by atoms with Gasteiger partial charge in [0.05, 0.1) is 25.9 Å². The van der Waals surface area contributed by atoms with E-state index in [1.165, 1.54) is 0 Å². The second-order valence-corrected chi connectivity index (χ2v) is 10.4. The van der Waals surface area contributed by atoms with E-state index in [0.717, 1.165) is 56.1 Å². The SMILES string of the molecule is O=C(O)CCC[N+]1(CCCC(=O)O)c2ccccc2C(=C2c3ccccc3Nc3ccccc32)c2ccccc21. The van der Waals surface area contributed by atoms with Crippen LogP contribution in [0, 0.1) is 0 Å². The van der Waals surface area contributed by atoms with Gasteiger partial charge in [-0.15, -0.1) is 0 Å². The van der Waals surface area contributed by atoms with Gasteiger partial charge in [0.25, 0.3) is 0 Å². The number of hydrogen-bond donors (Lipinski definition) is 3. The number of hydrogen-bond acceptors (Lipinski definition) is 3. The average Bonchev–Trinajstić information content (AvgIpc) is 2.96. The zero-order valence-electron chi connectivity index (χ0n) is 22.1. The van der Waals surface area contributed by atoms with Crippen LogP contribution in [0.5, 0.6) is 0 Å². The van der Waals surface area contributed by atoms with Crippen molar-refractivity contribution in [1.82, 2.24) is 4.48 Å². The molecule has 0 spiro atoms. The summed E-state index contributed by atoms with van der Waals surface area (Å²) >= 11 is 0. The van der Waals surface area contributed by atoms with Crippen molar-refractivity contribution in [1.29, 1.82) is 0 Å². The number of nitrogens with one attached hydrogen (secondary N) is 1. The summed E-state index contributed by atoms with van der Waals surface area (Å²) in [5.41, 5.74) is 11.0. The first-order valence-corrected chi connectivity index (χ1v) is 13.7. The molecule has 0 amide bonds. The van der Waals surface area contributed by atoms with Crippen LogP contribution in [-0.4, -0.2) is 35.2 Å². The molecule has 0 unspecified atom stereocenters. The molecule has 0 aliphatic carbocycles. The Morgan fingerprint density at radius 1 is 0.550 bits per heavy atom. The van der Waals surface area contributed by atoms with E-state index in [1.807, 2.05) is 24.3 Å². The maximum absolute atomic E-state index is 11.5. The van der Waals surface area contributed by atoms with Gasteiger partial charge in [0.15, 0.2) is 0 Å². The van der Waals surface area contributed by atoms with Crippen LogP contribution in [0.3, 0.4) is 0 Å².